The van der Waals surface area contributed by atoms with Crippen molar-refractivity contribution in [1.82, 2.24) is 10.3 Å². The molecule has 4 N–H and O–H groups in total. The van der Waals surface area contributed by atoms with Crippen LogP contribution in [-0.4, -0.2) is 29.7 Å². The molecule has 0 amide bonds. The van der Waals surface area contributed by atoms with E-state index in [2.05, 4.69) is 16.4 Å². The van der Waals surface area contributed by atoms with Crippen molar-refractivity contribution in [2.75, 3.05) is 19.6 Å². The molecule has 0 spiro atoms. The van der Waals surface area contributed by atoms with Crippen molar-refractivity contribution in [3.05, 3.63) is 36.0 Å². The first-order chi connectivity index (χ1) is 11.3. The zero-order chi connectivity index (χ0) is 16.3. The van der Waals surface area contributed by atoms with Gasteiger partial charge >= 0.3 is 0 Å². The normalized spacial score (nSPS) is 11.2. The van der Waals surface area contributed by atoms with E-state index in [9.17, 15) is 5.11 Å². The molecule has 1 aromatic carbocycles. The number of para-hydroxylation sites is 1. The van der Waals surface area contributed by atoms with Crippen LogP contribution in [0.3, 0.4) is 0 Å². The second-order valence-corrected chi connectivity index (χ2v) is 6.06. The molecule has 1 aromatic heterocycles. The molecule has 0 fully saturated rings. The van der Waals surface area contributed by atoms with E-state index in [-0.39, 0.29) is 5.75 Å². The molecule has 0 saturated heterocycles. The molecule has 0 unspecified atom stereocenters. The molecule has 4 heteroatoms. The number of aryl methyl sites for hydroxylation is 1. The summed E-state index contributed by atoms with van der Waals surface area (Å²) in [6.45, 7) is 2.98. The van der Waals surface area contributed by atoms with Gasteiger partial charge in [0.2, 0.25) is 0 Å². The van der Waals surface area contributed by atoms with Gasteiger partial charge in [0.1, 0.15) is 11.3 Å². The third-order valence-corrected chi connectivity index (χ3v) is 4.10. The lowest BCUT2D eigenvalue weighted by Crippen LogP contribution is -2.17. The fourth-order valence-electron chi connectivity index (χ4n) is 2.74. The minimum absolute atomic E-state index is 0.269. The van der Waals surface area contributed by atoms with E-state index in [0.717, 1.165) is 50.0 Å². The zero-order valence-electron chi connectivity index (χ0n) is 13.9. The van der Waals surface area contributed by atoms with Crippen molar-refractivity contribution in [3.63, 3.8) is 0 Å². The lowest BCUT2D eigenvalue weighted by Gasteiger charge is -2.06. The van der Waals surface area contributed by atoms with Gasteiger partial charge in [0.25, 0.3) is 0 Å². The number of fused-ring (bicyclic) bond motifs is 1. The Morgan fingerprint density at radius 1 is 0.913 bits per heavy atom. The predicted octanol–water partition coefficient (Wildman–Crippen LogP) is 3.37. The third-order valence-electron chi connectivity index (χ3n) is 4.10. The van der Waals surface area contributed by atoms with Gasteiger partial charge in [-0.15, -0.1) is 0 Å². The Kier molecular flexibility index (Phi) is 7.84. The lowest BCUT2D eigenvalue weighted by molar-refractivity contribution is 0.480. The summed E-state index contributed by atoms with van der Waals surface area (Å²) < 4.78 is 0. The Hall–Kier alpha value is -1.65. The molecule has 0 saturated carbocycles. The summed E-state index contributed by atoms with van der Waals surface area (Å²) in [5.74, 6) is 0.269. The molecule has 1 heterocycles. The van der Waals surface area contributed by atoms with Gasteiger partial charge < -0.3 is 16.2 Å². The van der Waals surface area contributed by atoms with E-state index in [4.69, 9.17) is 5.73 Å². The van der Waals surface area contributed by atoms with Crippen LogP contribution in [0.15, 0.2) is 30.3 Å². The smallest absolute Gasteiger partial charge is 0.141 e. The van der Waals surface area contributed by atoms with E-state index >= 15 is 0 Å². The standard InChI is InChI=1S/C19H29N3O/c20-13-4-6-15-21-14-5-2-1-3-9-17-12-11-16-8-7-10-18(23)19(16)22-17/h7-8,10-12,21,23H,1-6,9,13-15,20H2. The van der Waals surface area contributed by atoms with Crippen molar-refractivity contribution in [3.8, 4) is 5.75 Å². The first-order valence-corrected chi connectivity index (χ1v) is 8.79. The van der Waals surface area contributed by atoms with Crippen LogP contribution < -0.4 is 11.1 Å². The summed E-state index contributed by atoms with van der Waals surface area (Å²) in [6, 6.07) is 9.64. The monoisotopic (exact) mass is 315 g/mol. The molecule has 23 heavy (non-hydrogen) atoms. The number of pyridine rings is 1. The first kappa shape index (κ1) is 17.7. The van der Waals surface area contributed by atoms with Gasteiger partial charge in [-0.2, -0.15) is 0 Å². The van der Waals surface area contributed by atoms with Crippen molar-refractivity contribution in [2.24, 2.45) is 5.73 Å². The number of rotatable bonds is 11. The maximum absolute atomic E-state index is 9.87. The Bertz CT molecular complexity index is 586. The molecular formula is C19H29N3O. The van der Waals surface area contributed by atoms with E-state index in [0.29, 0.717) is 5.52 Å². The van der Waals surface area contributed by atoms with Crippen LogP contribution in [-0.2, 0) is 6.42 Å². The number of hydrogen-bond acceptors (Lipinski definition) is 4. The SMILES string of the molecule is NCCCCNCCCCCCc1ccc2cccc(O)c2n1. The fourth-order valence-corrected chi connectivity index (χ4v) is 2.74. The maximum atomic E-state index is 9.87. The number of benzene rings is 1. The zero-order valence-corrected chi connectivity index (χ0v) is 13.9. The molecule has 0 bridgehead atoms. The number of nitrogens with zero attached hydrogens (tertiary/aromatic N) is 1. The highest BCUT2D eigenvalue weighted by molar-refractivity contribution is 5.84. The minimum atomic E-state index is 0.269. The molecular weight excluding hydrogens is 286 g/mol. The second kappa shape index (κ2) is 10.2. The van der Waals surface area contributed by atoms with E-state index < -0.39 is 0 Å². The number of nitrogens with two attached hydrogens (primary N) is 1. The maximum Gasteiger partial charge on any atom is 0.141 e. The van der Waals surface area contributed by atoms with Gasteiger partial charge in [-0.1, -0.05) is 31.0 Å². The number of nitrogens with one attached hydrogen (secondary N) is 1. The van der Waals surface area contributed by atoms with E-state index in [1.165, 1.54) is 25.7 Å². The van der Waals surface area contributed by atoms with Crippen LogP contribution in [0.4, 0.5) is 0 Å². The summed E-state index contributed by atoms with van der Waals surface area (Å²) in [4.78, 5) is 4.58. The minimum Gasteiger partial charge on any atom is -0.506 e. The number of aromatic hydroxyl groups is 1. The molecule has 0 aliphatic rings. The molecule has 0 aliphatic carbocycles. The Balaban J connectivity index is 1.60. The fraction of sp³-hybridized carbons (Fsp3) is 0.526. The highest BCUT2D eigenvalue weighted by Gasteiger charge is 2.02. The lowest BCUT2D eigenvalue weighted by atomic mass is 10.1. The van der Waals surface area contributed by atoms with Crippen molar-refractivity contribution in [1.29, 1.82) is 0 Å². The summed E-state index contributed by atoms with van der Waals surface area (Å²) in [6.07, 6.45) is 8.13. The highest BCUT2D eigenvalue weighted by Crippen LogP contribution is 2.22. The molecule has 4 nitrogen and oxygen atoms in total. The van der Waals surface area contributed by atoms with Crippen molar-refractivity contribution < 1.29 is 5.11 Å². The summed E-state index contributed by atoms with van der Waals surface area (Å²) >= 11 is 0. The largest absolute Gasteiger partial charge is 0.506 e. The number of phenolic OH excluding ortho intramolecular Hbond substituents is 1. The van der Waals surface area contributed by atoms with Gasteiger partial charge in [-0.3, -0.25) is 0 Å². The Morgan fingerprint density at radius 3 is 2.52 bits per heavy atom. The van der Waals surface area contributed by atoms with Gasteiger partial charge in [0.15, 0.2) is 0 Å². The van der Waals surface area contributed by atoms with Crippen LogP contribution in [0.1, 0.15) is 44.2 Å². The topological polar surface area (TPSA) is 71.2 Å². The van der Waals surface area contributed by atoms with Crippen LogP contribution in [0.2, 0.25) is 0 Å². The average molecular weight is 315 g/mol. The van der Waals surface area contributed by atoms with Gasteiger partial charge in [0, 0.05) is 11.1 Å². The molecule has 2 rings (SSSR count). The molecule has 2 aromatic rings. The van der Waals surface area contributed by atoms with E-state index in [1.54, 1.807) is 6.07 Å². The quantitative estimate of drug-likeness (QED) is 0.556. The second-order valence-electron chi connectivity index (χ2n) is 6.06. The van der Waals surface area contributed by atoms with Gasteiger partial charge in [0.05, 0.1) is 0 Å². The summed E-state index contributed by atoms with van der Waals surface area (Å²) in [5.41, 5.74) is 7.25. The molecule has 0 aliphatic heterocycles. The summed E-state index contributed by atoms with van der Waals surface area (Å²) in [7, 11) is 0. The molecule has 0 radical (unpaired) electrons. The van der Waals surface area contributed by atoms with Crippen LogP contribution >= 0.6 is 0 Å². The third kappa shape index (κ3) is 6.16. The summed E-state index contributed by atoms with van der Waals surface area (Å²) in [5, 5.41) is 14.3. The predicted molar refractivity (Wildman–Crippen MR) is 96.7 cm³/mol. The van der Waals surface area contributed by atoms with Crippen LogP contribution in [0, 0.1) is 0 Å². The Morgan fingerprint density at radius 2 is 1.70 bits per heavy atom. The van der Waals surface area contributed by atoms with Gasteiger partial charge in [-0.05, 0) is 63.9 Å². The van der Waals surface area contributed by atoms with Crippen molar-refractivity contribution >= 4 is 10.9 Å². The molecule has 0 atom stereocenters. The number of hydrogen-bond donors (Lipinski definition) is 3. The number of unbranched alkanes of at least 4 members (excludes halogenated alkanes) is 4. The molecule has 126 valence electrons. The van der Waals surface area contributed by atoms with Crippen LogP contribution in [0.25, 0.3) is 10.9 Å². The van der Waals surface area contributed by atoms with E-state index in [1.807, 2.05) is 18.2 Å². The van der Waals surface area contributed by atoms with Crippen molar-refractivity contribution in [2.45, 2.75) is 44.9 Å². The Labute approximate surface area is 139 Å². The van der Waals surface area contributed by atoms with Crippen LogP contribution in [0.5, 0.6) is 5.75 Å². The van der Waals surface area contributed by atoms with Gasteiger partial charge in [-0.25, -0.2) is 4.98 Å². The highest BCUT2D eigenvalue weighted by atomic mass is 16.3. The number of phenols is 1. The average Bonchev–Trinajstić information content (AvgIpc) is 2.57. The number of aromatic nitrogens is 1. The first-order valence-electron chi connectivity index (χ1n) is 8.79.